The monoisotopic (exact) mass is 353 g/mol. The van der Waals surface area contributed by atoms with Crippen LogP contribution < -0.4 is 5.32 Å². The van der Waals surface area contributed by atoms with Crippen molar-refractivity contribution in [2.75, 3.05) is 26.9 Å². The van der Waals surface area contributed by atoms with E-state index in [4.69, 9.17) is 11.6 Å². The number of carbonyl (C=O) groups excluding carboxylic acids is 1. The molecule has 1 heterocycles. The molecule has 23 heavy (non-hydrogen) atoms. The van der Waals surface area contributed by atoms with Gasteiger partial charge in [0.15, 0.2) is 11.0 Å². The van der Waals surface area contributed by atoms with Gasteiger partial charge < -0.3 is 5.32 Å². The van der Waals surface area contributed by atoms with Crippen molar-refractivity contribution in [2.24, 2.45) is 0 Å². The van der Waals surface area contributed by atoms with E-state index in [2.05, 4.69) is 27.3 Å². The minimum Gasteiger partial charge on any atom is -0.358 e. The Morgan fingerprint density at radius 2 is 2.00 bits per heavy atom. The molecule has 0 spiro atoms. The normalized spacial score (nSPS) is 12.4. The summed E-state index contributed by atoms with van der Waals surface area (Å²) in [6, 6.07) is 7.57. The number of hydrogen-bond donors (Lipinski definition) is 1. The van der Waals surface area contributed by atoms with Crippen molar-refractivity contribution in [3.05, 3.63) is 35.1 Å². The van der Waals surface area contributed by atoms with Gasteiger partial charge in [0.05, 0.1) is 11.8 Å². The highest BCUT2D eigenvalue weighted by atomic mass is 35.5. The van der Waals surface area contributed by atoms with Crippen LogP contribution in [0.15, 0.2) is 29.4 Å². The summed E-state index contributed by atoms with van der Waals surface area (Å²) in [5.41, 5.74) is 0.919. The van der Waals surface area contributed by atoms with Gasteiger partial charge in [0.1, 0.15) is 0 Å². The fraction of sp³-hybridized carbons (Fsp3) is 0.400. The molecule has 1 N–H and O–H groups in total. The topological polar surface area (TPSA) is 63.1 Å². The zero-order chi connectivity index (χ0) is 17.0. The fourth-order valence-electron chi connectivity index (χ4n) is 1.91. The van der Waals surface area contributed by atoms with Gasteiger partial charge in [0.25, 0.3) is 0 Å². The smallest absolute Gasteiger partial charge is 0.230 e. The first-order valence-electron chi connectivity index (χ1n) is 7.15. The molecule has 0 saturated heterocycles. The van der Waals surface area contributed by atoms with E-state index >= 15 is 0 Å². The molecule has 0 bridgehead atoms. The summed E-state index contributed by atoms with van der Waals surface area (Å²) in [4.78, 5) is 13.6. The number of nitrogens with zero attached hydrogens (tertiary/aromatic N) is 4. The third-order valence-corrected chi connectivity index (χ3v) is 4.68. The molecular weight excluding hydrogens is 334 g/mol. The van der Waals surface area contributed by atoms with E-state index < -0.39 is 0 Å². The number of rotatable bonds is 6. The highest BCUT2D eigenvalue weighted by molar-refractivity contribution is 7.99. The number of thioether (sulfide) groups is 1. The molecule has 1 aromatic heterocycles. The molecule has 8 heteroatoms. The molecular formula is C15H20ClN5OS. The summed E-state index contributed by atoms with van der Waals surface area (Å²) in [7, 11) is 5.60. The van der Waals surface area contributed by atoms with Gasteiger partial charge in [-0.1, -0.05) is 23.4 Å². The largest absolute Gasteiger partial charge is 0.358 e. The van der Waals surface area contributed by atoms with Crippen molar-refractivity contribution >= 4 is 29.3 Å². The Bertz CT molecular complexity index is 671. The second kappa shape index (κ2) is 7.81. The van der Waals surface area contributed by atoms with Crippen molar-refractivity contribution in [2.45, 2.75) is 18.1 Å². The number of halogens is 1. The van der Waals surface area contributed by atoms with Gasteiger partial charge in [0, 0.05) is 17.8 Å². The number of amides is 1. The Kier molecular flexibility index (Phi) is 6.04. The van der Waals surface area contributed by atoms with Gasteiger partial charge in [-0.25, -0.2) is 0 Å². The molecule has 0 saturated carbocycles. The SMILES string of the molecule is CNC(=O)CSc1nnc([C@H](C)N(C)C)n1-c1ccc(Cl)cc1. The highest BCUT2D eigenvalue weighted by Crippen LogP contribution is 2.27. The molecule has 0 aliphatic rings. The van der Waals surface area contributed by atoms with Gasteiger partial charge in [0.2, 0.25) is 5.91 Å². The lowest BCUT2D eigenvalue weighted by Gasteiger charge is -2.20. The summed E-state index contributed by atoms with van der Waals surface area (Å²) in [5, 5.41) is 12.5. The minimum absolute atomic E-state index is 0.0529. The van der Waals surface area contributed by atoms with E-state index in [1.54, 1.807) is 7.05 Å². The summed E-state index contributed by atoms with van der Waals surface area (Å²) in [5.74, 6) is 1.05. The minimum atomic E-state index is -0.0529. The Morgan fingerprint density at radius 1 is 1.35 bits per heavy atom. The molecule has 0 fully saturated rings. The Hall–Kier alpha value is -1.57. The Labute approximate surface area is 145 Å². The molecule has 0 unspecified atom stereocenters. The van der Waals surface area contributed by atoms with Crippen LogP contribution in [-0.4, -0.2) is 52.5 Å². The predicted octanol–water partition coefficient (Wildman–Crippen LogP) is 2.38. The zero-order valence-electron chi connectivity index (χ0n) is 13.6. The van der Waals surface area contributed by atoms with Crippen LogP contribution in [0.1, 0.15) is 18.8 Å². The van der Waals surface area contributed by atoms with Crippen LogP contribution in [0, 0.1) is 0 Å². The Morgan fingerprint density at radius 3 is 2.57 bits per heavy atom. The second-order valence-electron chi connectivity index (χ2n) is 5.25. The molecule has 1 aromatic carbocycles. The van der Waals surface area contributed by atoms with Crippen molar-refractivity contribution in [1.29, 1.82) is 0 Å². The summed E-state index contributed by atoms with van der Waals surface area (Å²) >= 11 is 7.33. The van der Waals surface area contributed by atoms with Gasteiger partial charge in [-0.3, -0.25) is 14.3 Å². The number of aromatic nitrogens is 3. The first-order valence-corrected chi connectivity index (χ1v) is 8.51. The number of carbonyl (C=O) groups is 1. The average Bonchev–Trinajstić information content (AvgIpc) is 2.96. The molecule has 0 radical (unpaired) electrons. The first kappa shape index (κ1) is 17.8. The summed E-state index contributed by atoms with van der Waals surface area (Å²) < 4.78 is 1.97. The van der Waals surface area contributed by atoms with Crippen molar-refractivity contribution in [1.82, 2.24) is 25.0 Å². The molecule has 1 atom stereocenters. The second-order valence-corrected chi connectivity index (χ2v) is 6.63. The van der Waals surface area contributed by atoms with Gasteiger partial charge in [-0.15, -0.1) is 10.2 Å². The van der Waals surface area contributed by atoms with Crippen molar-refractivity contribution in [3.63, 3.8) is 0 Å². The third-order valence-electron chi connectivity index (χ3n) is 3.50. The van der Waals surface area contributed by atoms with Gasteiger partial charge in [-0.05, 0) is 45.3 Å². The maximum Gasteiger partial charge on any atom is 0.230 e. The van der Waals surface area contributed by atoms with Crippen LogP contribution >= 0.6 is 23.4 Å². The number of nitrogens with one attached hydrogen (secondary N) is 1. The van der Waals surface area contributed by atoms with E-state index in [1.165, 1.54) is 11.8 Å². The molecule has 2 rings (SSSR count). The van der Waals surface area contributed by atoms with Crippen LogP contribution in [0.4, 0.5) is 0 Å². The maximum absolute atomic E-state index is 11.5. The highest BCUT2D eigenvalue weighted by Gasteiger charge is 2.21. The number of hydrogen-bond acceptors (Lipinski definition) is 5. The van der Waals surface area contributed by atoms with Crippen LogP contribution in [0.2, 0.25) is 5.02 Å². The van der Waals surface area contributed by atoms with E-state index in [0.29, 0.717) is 15.9 Å². The lowest BCUT2D eigenvalue weighted by atomic mass is 10.2. The molecule has 0 aliphatic carbocycles. The van der Waals surface area contributed by atoms with E-state index in [9.17, 15) is 4.79 Å². The van der Waals surface area contributed by atoms with Crippen LogP contribution in [0.3, 0.4) is 0 Å². The average molecular weight is 354 g/mol. The lowest BCUT2D eigenvalue weighted by Crippen LogP contribution is -2.21. The first-order chi connectivity index (χ1) is 10.9. The third kappa shape index (κ3) is 4.25. The molecule has 1 amide bonds. The maximum atomic E-state index is 11.5. The fourth-order valence-corrected chi connectivity index (χ4v) is 2.87. The van der Waals surface area contributed by atoms with E-state index in [1.807, 2.05) is 42.9 Å². The summed E-state index contributed by atoms with van der Waals surface area (Å²) in [6.45, 7) is 2.06. The lowest BCUT2D eigenvalue weighted by molar-refractivity contribution is -0.118. The van der Waals surface area contributed by atoms with Crippen LogP contribution in [-0.2, 0) is 4.79 Å². The summed E-state index contributed by atoms with van der Waals surface area (Å²) in [6.07, 6.45) is 0. The molecule has 6 nitrogen and oxygen atoms in total. The van der Waals surface area contributed by atoms with E-state index in [0.717, 1.165) is 11.5 Å². The predicted molar refractivity (Wildman–Crippen MR) is 93.3 cm³/mol. The van der Waals surface area contributed by atoms with Crippen LogP contribution in [0.5, 0.6) is 0 Å². The zero-order valence-corrected chi connectivity index (χ0v) is 15.1. The van der Waals surface area contributed by atoms with Gasteiger partial charge in [-0.2, -0.15) is 0 Å². The quantitative estimate of drug-likeness (QED) is 0.808. The standard InChI is InChI=1S/C15H20ClN5OS/c1-10(20(3)4)14-18-19-15(23-9-13(22)17-2)21(14)12-7-5-11(16)6-8-12/h5-8,10H,9H2,1-4H3,(H,17,22)/t10-/m0/s1. The van der Waals surface area contributed by atoms with E-state index in [-0.39, 0.29) is 11.9 Å². The van der Waals surface area contributed by atoms with Crippen molar-refractivity contribution in [3.8, 4) is 5.69 Å². The van der Waals surface area contributed by atoms with Crippen molar-refractivity contribution < 1.29 is 4.79 Å². The number of benzene rings is 1. The Balaban J connectivity index is 2.42. The van der Waals surface area contributed by atoms with Gasteiger partial charge >= 0.3 is 0 Å². The van der Waals surface area contributed by atoms with Crippen LogP contribution in [0.25, 0.3) is 5.69 Å². The molecule has 124 valence electrons. The molecule has 0 aliphatic heterocycles. The molecule has 2 aromatic rings.